The molecule has 1 unspecified atom stereocenters. The Bertz CT molecular complexity index is 1630. The maximum Gasteiger partial charge on any atom is 0.335 e. The summed E-state index contributed by atoms with van der Waals surface area (Å²) in [5.74, 6) is -1.09. The molecule has 1 saturated heterocycles. The lowest BCUT2D eigenvalue weighted by Crippen LogP contribution is -2.32. The van der Waals surface area contributed by atoms with Gasteiger partial charge >= 0.3 is 5.97 Å². The molecule has 40 heavy (non-hydrogen) atoms. The van der Waals surface area contributed by atoms with Crippen molar-refractivity contribution in [3.8, 4) is 5.75 Å². The van der Waals surface area contributed by atoms with Crippen molar-refractivity contribution in [3.63, 3.8) is 0 Å². The van der Waals surface area contributed by atoms with Crippen LogP contribution >= 0.6 is 11.6 Å². The predicted molar refractivity (Wildman–Crippen MR) is 146 cm³/mol. The first-order valence-electron chi connectivity index (χ1n) is 13.0. The highest BCUT2D eigenvalue weighted by Gasteiger charge is 2.25. The van der Waals surface area contributed by atoms with Gasteiger partial charge in [0.15, 0.2) is 11.6 Å². The van der Waals surface area contributed by atoms with Crippen LogP contribution in [0.25, 0.3) is 16.6 Å². The first-order chi connectivity index (χ1) is 19.3. The molecule has 206 valence electrons. The second kappa shape index (κ2) is 11.0. The van der Waals surface area contributed by atoms with Crippen LogP contribution in [0, 0.1) is 11.6 Å². The van der Waals surface area contributed by atoms with Crippen molar-refractivity contribution < 1.29 is 28.2 Å². The number of aromatic carboxylic acids is 1. The number of benzene rings is 3. The molecule has 2 aliphatic rings. The molecule has 0 saturated carbocycles. The minimum absolute atomic E-state index is 0.00585. The molecular formula is C30H26ClF2N3O4. The van der Waals surface area contributed by atoms with E-state index in [0.29, 0.717) is 31.7 Å². The topological polar surface area (TPSA) is 76.8 Å². The van der Waals surface area contributed by atoms with Gasteiger partial charge in [0.05, 0.1) is 35.8 Å². The van der Waals surface area contributed by atoms with Crippen LogP contribution in [0.5, 0.6) is 5.75 Å². The summed E-state index contributed by atoms with van der Waals surface area (Å²) >= 11 is 5.80. The molecule has 1 atom stereocenters. The largest absolute Gasteiger partial charge is 0.486 e. The van der Waals surface area contributed by atoms with E-state index >= 15 is 0 Å². The van der Waals surface area contributed by atoms with E-state index in [1.54, 1.807) is 18.2 Å². The standard InChI is InChI=1S/C30H26ClF2N3O4/c31-22-2-4-28(25(33)13-22)40-17-18-9-21(11-23(32)10-18)20-5-7-35(14-20)16-29-34-26-3-1-19(30(37)38)12-27(26)36(29)15-24-6-8-39-24/h1-5,9-13,24H,6-8,14-17H2,(H,37,38). The number of ether oxygens (including phenoxy) is 2. The maximum absolute atomic E-state index is 14.5. The Labute approximate surface area is 234 Å². The number of hydrogen-bond donors (Lipinski definition) is 1. The summed E-state index contributed by atoms with van der Waals surface area (Å²) in [4.78, 5) is 18.6. The van der Waals surface area contributed by atoms with E-state index in [-0.39, 0.29) is 29.0 Å². The summed E-state index contributed by atoms with van der Waals surface area (Å²) in [5.41, 5.74) is 4.00. The Morgan fingerprint density at radius 3 is 2.75 bits per heavy atom. The molecule has 3 aromatic carbocycles. The summed E-state index contributed by atoms with van der Waals surface area (Å²) in [6.45, 7) is 3.10. The number of carboxylic acids is 1. The number of carbonyl (C=O) groups is 1. The first kappa shape index (κ1) is 26.4. The van der Waals surface area contributed by atoms with Gasteiger partial charge in [-0.05, 0) is 77.7 Å². The molecule has 0 radical (unpaired) electrons. The quantitative estimate of drug-likeness (QED) is 0.271. The molecule has 3 heterocycles. The van der Waals surface area contributed by atoms with Crippen LogP contribution in [0.15, 0.2) is 60.7 Å². The number of rotatable bonds is 9. The Morgan fingerprint density at radius 1 is 1.15 bits per heavy atom. The summed E-state index contributed by atoms with van der Waals surface area (Å²) in [6.07, 6.45) is 3.08. The Kier molecular flexibility index (Phi) is 7.27. The predicted octanol–water partition coefficient (Wildman–Crippen LogP) is 5.93. The SMILES string of the molecule is O=C(O)c1ccc2nc(CN3CC=C(c4cc(F)cc(COc5ccc(Cl)cc5F)c4)C3)n(CC3CCO3)c2c1. The fourth-order valence-electron chi connectivity index (χ4n) is 5.07. The van der Waals surface area contributed by atoms with Crippen molar-refractivity contribution in [3.05, 3.63) is 99.8 Å². The molecule has 2 aliphatic heterocycles. The van der Waals surface area contributed by atoms with Crippen molar-refractivity contribution >= 4 is 34.2 Å². The average Bonchev–Trinajstić information content (AvgIpc) is 3.49. The zero-order valence-corrected chi connectivity index (χ0v) is 22.2. The normalized spacial score (nSPS) is 17.2. The van der Waals surface area contributed by atoms with Crippen LogP contribution in [0.3, 0.4) is 0 Å². The van der Waals surface area contributed by atoms with Crippen LogP contribution < -0.4 is 4.74 Å². The van der Waals surface area contributed by atoms with Gasteiger partial charge < -0.3 is 19.1 Å². The van der Waals surface area contributed by atoms with E-state index in [9.17, 15) is 18.7 Å². The van der Waals surface area contributed by atoms with E-state index in [0.717, 1.165) is 41.0 Å². The van der Waals surface area contributed by atoms with Crippen LogP contribution in [0.2, 0.25) is 5.02 Å². The first-order valence-corrected chi connectivity index (χ1v) is 13.3. The summed E-state index contributed by atoms with van der Waals surface area (Å²) in [7, 11) is 0. The lowest BCUT2D eigenvalue weighted by molar-refractivity contribution is -0.0591. The van der Waals surface area contributed by atoms with Gasteiger partial charge in [-0.2, -0.15) is 0 Å². The highest BCUT2D eigenvalue weighted by atomic mass is 35.5. The molecule has 1 N–H and O–H groups in total. The minimum atomic E-state index is -0.984. The third-order valence-corrected chi connectivity index (χ3v) is 7.46. The van der Waals surface area contributed by atoms with Crippen molar-refractivity contribution in [2.75, 3.05) is 19.7 Å². The number of halogens is 3. The zero-order valence-electron chi connectivity index (χ0n) is 21.4. The van der Waals surface area contributed by atoms with Gasteiger partial charge in [0.25, 0.3) is 0 Å². The molecule has 0 amide bonds. The molecular weight excluding hydrogens is 540 g/mol. The fraction of sp³-hybridized carbons (Fsp3) is 0.267. The Morgan fingerprint density at radius 2 is 2.00 bits per heavy atom. The molecule has 10 heteroatoms. The van der Waals surface area contributed by atoms with E-state index in [1.165, 1.54) is 30.3 Å². The van der Waals surface area contributed by atoms with Gasteiger partial charge in [-0.3, -0.25) is 4.90 Å². The van der Waals surface area contributed by atoms with E-state index in [4.69, 9.17) is 26.1 Å². The van der Waals surface area contributed by atoms with Gasteiger partial charge in [-0.25, -0.2) is 18.6 Å². The van der Waals surface area contributed by atoms with Crippen LogP contribution in [-0.2, 0) is 24.4 Å². The van der Waals surface area contributed by atoms with Crippen LogP contribution in [0.4, 0.5) is 8.78 Å². The number of imidazole rings is 1. The highest BCUT2D eigenvalue weighted by Crippen LogP contribution is 2.28. The van der Waals surface area contributed by atoms with Crippen molar-refractivity contribution in [1.29, 1.82) is 0 Å². The summed E-state index contributed by atoms with van der Waals surface area (Å²) < 4.78 is 41.9. The average molecular weight is 566 g/mol. The smallest absolute Gasteiger partial charge is 0.335 e. The molecule has 6 rings (SSSR count). The third kappa shape index (κ3) is 5.58. The van der Waals surface area contributed by atoms with Crippen LogP contribution in [0.1, 0.15) is 33.7 Å². The molecule has 1 fully saturated rings. The number of aromatic nitrogens is 2. The fourth-order valence-corrected chi connectivity index (χ4v) is 5.23. The third-order valence-electron chi connectivity index (χ3n) is 7.23. The number of nitrogens with zero attached hydrogens (tertiary/aromatic N) is 3. The highest BCUT2D eigenvalue weighted by molar-refractivity contribution is 6.30. The number of hydrogen-bond acceptors (Lipinski definition) is 5. The maximum atomic E-state index is 14.5. The number of fused-ring (bicyclic) bond motifs is 1. The van der Waals surface area contributed by atoms with Gasteiger partial charge in [0.2, 0.25) is 0 Å². The second-order valence-corrected chi connectivity index (χ2v) is 10.5. The van der Waals surface area contributed by atoms with Gasteiger partial charge in [0.1, 0.15) is 18.2 Å². The molecule has 0 aliphatic carbocycles. The molecule has 7 nitrogen and oxygen atoms in total. The lowest BCUT2D eigenvalue weighted by atomic mass is 10.0. The van der Waals surface area contributed by atoms with E-state index < -0.39 is 17.6 Å². The second-order valence-electron chi connectivity index (χ2n) is 10.0. The van der Waals surface area contributed by atoms with Gasteiger partial charge in [-0.15, -0.1) is 0 Å². The molecule has 4 aromatic rings. The number of carboxylic acid groups (broad SMARTS) is 1. The monoisotopic (exact) mass is 565 g/mol. The lowest BCUT2D eigenvalue weighted by Gasteiger charge is -2.28. The van der Waals surface area contributed by atoms with Crippen molar-refractivity contribution in [2.24, 2.45) is 0 Å². The van der Waals surface area contributed by atoms with Crippen molar-refractivity contribution in [1.82, 2.24) is 14.5 Å². The Balaban J connectivity index is 1.18. The minimum Gasteiger partial charge on any atom is -0.486 e. The van der Waals surface area contributed by atoms with Gasteiger partial charge in [-0.1, -0.05) is 17.7 Å². The summed E-state index contributed by atoms with van der Waals surface area (Å²) in [5, 5.41) is 9.75. The van der Waals surface area contributed by atoms with Gasteiger partial charge in [0, 0.05) is 24.7 Å². The van der Waals surface area contributed by atoms with E-state index in [1.807, 2.05) is 6.07 Å². The molecule has 1 aromatic heterocycles. The van der Waals surface area contributed by atoms with E-state index in [2.05, 4.69) is 15.5 Å². The Hall–Kier alpha value is -3.79. The van der Waals surface area contributed by atoms with Crippen molar-refractivity contribution in [2.45, 2.75) is 32.2 Å². The summed E-state index contributed by atoms with van der Waals surface area (Å²) in [6, 6.07) is 13.8. The van der Waals surface area contributed by atoms with Crippen LogP contribution in [-0.4, -0.2) is 51.3 Å². The molecule has 0 spiro atoms. The molecule has 0 bridgehead atoms. The zero-order chi connectivity index (χ0) is 27.8.